The molecular weight excluding hydrogens is 523 g/mol. The second-order valence-corrected chi connectivity index (χ2v) is 9.66. The number of carboxylic acids is 1. The summed E-state index contributed by atoms with van der Waals surface area (Å²) in [5, 5.41) is 12.6. The van der Waals surface area contributed by atoms with Gasteiger partial charge in [0.2, 0.25) is 5.88 Å². The van der Waals surface area contributed by atoms with Crippen LogP contribution in [-0.2, 0) is 11.4 Å². The molecule has 0 amide bonds. The number of carbonyl (C=O) groups is 1. The maximum absolute atomic E-state index is 10.5. The maximum Gasteiger partial charge on any atom is 1.00 e. The summed E-state index contributed by atoms with van der Waals surface area (Å²) in [6.45, 7) is 1.02. The minimum atomic E-state index is -0.983. The van der Waals surface area contributed by atoms with E-state index < -0.39 is 5.97 Å². The molecule has 0 aliphatic rings. The third-order valence-electron chi connectivity index (χ3n) is 6.62. The molecule has 0 atom stereocenters. The number of ether oxygens (including phenoxy) is 2. The smallest absolute Gasteiger partial charge is 0.550 e. The molecule has 6 nitrogen and oxygen atoms in total. The van der Waals surface area contributed by atoms with Gasteiger partial charge in [0.05, 0.1) is 12.3 Å². The van der Waals surface area contributed by atoms with E-state index in [1.165, 1.54) is 0 Å². The quantitative estimate of drug-likeness (QED) is 0.163. The number of rotatable bonds is 13. The molecule has 0 aliphatic heterocycles. The van der Waals surface area contributed by atoms with Crippen LogP contribution < -0.4 is 44.1 Å². The molecule has 41 heavy (non-hydrogen) atoms. The summed E-state index contributed by atoms with van der Waals surface area (Å²) in [4.78, 5) is 20.1. The van der Waals surface area contributed by atoms with Crippen LogP contribution in [0.3, 0.4) is 0 Å². The summed E-state index contributed by atoms with van der Waals surface area (Å²) in [5.74, 6) is 0.957. The Morgan fingerprint density at radius 2 is 1.39 bits per heavy atom. The minimum Gasteiger partial charge on any atom is -0.550 e. The van der Waals surface area contributed by atoms with Crippen LogP contribution in [0.5, 0.6) is 11.6 Å². The van der Waals surface area contributed by atoms with Gasteiger partial charge in [0.1, 0.15) is 12.4 Å². The summed E-state index contributed by atoms with van der Waals surface area (Å²) in [6.07, 6.45) is 3.46. The van der Waals surface area contributed by atoms with Crippen molar-refractivity contribution >= 4 is 16.7 Å². The molecule has 0 saturated carbocycles. The van der Waals surface area contributed by atoms with Crippen molar-refractivity contribution in [1.82, 2.24) is 9.97 Å². The number of aliphatic carboxylic acids is 1. The number of benzene rings is 4. The summed E-state index contributed by atoms with van der Waals surface area (Å²) in [5.41, 5.74) is 3.78. The summed E-state index contributed by atoms with van der Waals surface area (Å²) >= 11 is 0. The van der Waals surface area contributed by atoms with Crippen LogP contribution in [0.4, 0.5) is 0 Å². The Labute approximate surface area is 262 Å². The Balaban J connectivity index is 0.00000387. The van der Waals surface area contributed by atoms with Gasteiger partial charge in [-0.1, -0.05) is 91.7 Å². The number of carboxylic acid groups (broad SMARTS) is 1. The fourth-order valence-corrected chi connectivity index (χ4v) is 4.48. The number of fused-ring (bicyclic) bond motifs is 1. The van der Waals surface area contributed by atoms with E-state index in [4.69, 9.17) is 19.4 Å². The largest absolute Gasteiger partial charge is 1.00 e. The first-order chi connectivity index (χ1) is 19.6. The molecule has 0 spiro atoms. The third-order valence-corrected chi connectivity index (χ3v) is 6.62. The molecule has 4 aromatic carbocycles. The molecule has 1 heterocycles. The molecule has 0 bridgehead atoms. The summed E-state index contributed by atoms with van der Waals surface area (Å²) in [7, 11) is 0. The number of nitrogens with zero attached hydrogens (tertiary/aromatic N) is 2. The first-order valence-electron chi connectivity index (χ1n) is 13.6. The van der Waals surface area contributed by atoms with Gasteiger partial charge in [-0.3, -0.25) is 0 Å². The van der Waals surface area contributed by atoms with Crippen LogP contribution in [0.25, 0.3) is 33.4 Å². The molecule has 1 aromatic heterocycles. The van der Waals surface area contributed by atoms with Gasteiger partial charge in [-0.2, -0.15) is 4.98 Å². The first-order valence-corrected chi connectivity index (χ1v) is 13.6. The zero-order valence-electron chi connectivity index (χ0n) is 23.3. The molecule has 0 saturated heterocycles. The average molecular weight is 555 g/mol. The Kier molecular flexibility index (Phi) is 11.3. The number of aromatic nitrogens is 2. The van der Waals surface area contributed by atoms with Crippen molar-refractivity contribution in [2.24, 2.45) is 0 Å². The van der Waals surface area contributed by atoms with Crippen molar-refractivity contribution in [3.8, 4) is 34.3 Å². The number of hydrogen-bond acceptors (Lipinski definition) is 6. The van der Waals surface area contributed by atoms with E-state index in [2.05, 4.69) is 12.1 Å². The van der Waals surface area contributed by atoms with Crippen LogP contribution in [0.1, 0.15) is 37.7 Å². The van der Waals surface area contributed by atoms with Gasteiger partial charge in [0.15, 0.2) is 5.82 Å². The third kappa shape index (κ3) is 8.89. The van der Waals surface area contributed by atoms with Crippen molar-refractivity contribution < 1.29 is 48.9 Å². The van der Waals surface area contributed by atoms with Crippen LogP contribution in [0.15, 0.2) is 103 Å². The normalized spacial score (nSPS) is 10.6. The maximum atomic E-state index is 10.5. The van der Waals surface area contributed by atoms with Gasteiger partial charge in [0, 0.05) is 23.2 Å². The van der Waals surface area contributed by atoms with Crippen LogP contribution >= 0.6 is 0 Å². The van der Waals surface area contributed by atoms with Gasteiger partial charge >= 0.3 is 29.6 Å². The van der Waals surface area contributed by atoms with Crippen LogP contribution in [0, 0.1) is 0 Å². The molecule has 5 rings (SSSR count). The minimum absolute atomic E-state index is 0. The van der Waals surface area contributed by atoms with Crippen molar-refractivity contribution in [1.29, 1.82) is 0 Å². The van der Waals surface area contributed by atoms with E-state index >= 15 is 0 Å². The molecule has 0 radical (unpaired) electrons. The van der Waals surface area contributed by atoms with Gasteiger partial charge in [-0.05, 0) is 53.8 Å². The molecule has 0 N–H and O–H groups in total. The molecule has 202 valence electrons. The van der Waals surface area contributed by atoms with Crippen LogP contribution in [-0.4, -0.2) is 22.5 Å². The number of carbonyl (C=O) groups excluding carboxylic acids is 1. The van der Waals surface area contributed by atoms with E-state index in [1.54, 1.807) is 0 Å². The van der Waals surface area contributed by atoms with E-state index in [-0.39, 0.29) is 36.0 Å². The van der Waals surface area contributed by atoms with Crippen molar-refractivity contribution in [2.45, 2.75) is 38.7 Å². The molecule has 0 aliphatic carbocycles. The van der Waals surface area contributed by atoms with Crippen LogP contribution in [0.2, 0.25) is 0 Å². The average Bonchev–Trinajstić information content (AvgIpc) is 3.00. The van der Waals surface area contributed by atoms with Crippen molar-refractivity contribution in [3.05, 3.63) is 109 Å². The fraction of sp³-hybridized carbons (Fsp3) is 0.206. The Hall–Kier alpha value is -3.71. The van der Waals surface area contributed by atoms with Gasteiger partial charge in [-0.25, -0.2) is 4.98 Å². The van der Waals surface area contributed by atoms with Gasteiger partial charge in [0.25, 0.3) is 0 Å². The monoisotopic (exact) mass is 554 g/mol. The van der Waals surface area contributed by atoms with E-state index in [0.29, 0.717) is 31.3 Å². The zero-order valence-corrected chi connectivity index (χ0v) is 25.3. The van der Waals surface area contributed by atoms with E-state index in [9.17, 15) is 9.90 Å². The number of unbranched alkanes of at least 4 members (excludes halogenated alkanes) is 3. The SMILES string of the molecule is O=C([O-])CCCCCCOc1ccc2cc(-c3nc(OCc4ccccc4)cc(-c4ccccc4)n3)ccc2c1.[Na+]. The second kappa shape index (κ2) is 15.3. The molecule has 7 heteroatoms. The second-order valence-electron chi connectivity index (χ2n) is 9.66. The zero-order chi connectivity index (χ0) is 27.6. The van der Waals surface area contributed by atoms with E-state index in [1.807, 2.05) is 91.0 Å². The standard InChI is InChI=1S/C34H32N2O4.Na/c37-33(38)15-9-1-2-10-20-39-30-19-18-27-21-29(17-16-28(27)22-30)34-35-31(26-13-7-4-8-14-26)23-32(36-34)40-24-25-11-5-3-6-12-25;/h3-8,11-14,16-19,21-23H,1-2,9-10,15,20,24H2,(H,37,38);/q;+1/p-1. The van der Waals surface area contributed by atoms with Gasteiger partial charge < -0.3 is 19.4 Å². The molecule has 0 fully saturated rings. The summed E-state index contributed by atoms with van der Waals surface area (Å²) < 4.78 is 12.0. The van der Waals surface area contributed by atoms with E-state index in [0.717, 1.165) is 58.2 Å². The van der Waals surface area contributed by atoms with Gasteiger partial charge in [-0.15, -0.1) is 0 Å². The van der Waals surface area contributed by atoms with Crippen molar-refractivity contribution in [3.63, 3.8) is 0 Å². The predicted octanol–water partition coefficient (Wildman–Crippen LogP) is 3.63. The Morgan fingerprint density at radius 3 is 2.17 bits per heavy atom. The Bertz CT molecular complexity index is 1560. The molecule has 0 unspecified atom stereocenters. The number of hydrogen-bond donors (Lipinski definition) is 0. The summed E-state index contributed by atoms with van der Waals surface area (Å²) in [6, 6.07) is 34.2. The topological polar surface area (TPSA) is 84.4 Å². The fourth-order valence-electron chi connectivity index (χ4n) is 4.48. The molecular formula is C34H31N2NaO4. The first kappa shape index (κ1) is 30.3. The predicted molar refractivity (Wildman–Crippen MR) is 155 cm³/mol. The van der Waals surface area contributed by atoms with Crippen molar-refractivity contribution in [2.75, 3.05) is 6.61 Å². The molecule has 5 aromatic rings. The Morgan fingerprint density at radius 1 is 0.683 bits per heavy atom.